The molecule has 0 aliphatic carbocycles. The summed E-state index contributed by atoms with van der Waals surface area (Å²) < 4.78 is 0. The van der Waals surface area contributed by atoms with Crippen LogP contribution in [0.3, 0.4) is 0 Å². The molecule has 0 aliphatic rings. The molecule has 3 rings (SSSR count). The Bertz CT molecular complexity index is 1050. The molecular weight excluding hydrogens is 348 g/mol. The number of anilines is 1. The Morgan fingerprint density at radius 2 is 1.89 bits per heavy atom. The van der Waals surface area contributed by atoms with Gasteiger partial charge in [0.05, 0.1) is 10.9 Å². The molecule has 4 N–H and O–H groups in total. The fraction of sp³-hybridized carbons (Fsp3) is 0.263. The van der Waals surface area contributed by atoms with Crippen LogP contribution in [0.15, 0.2) is 35.3 Å². The molecule has 0 spiro atoms. The average molecular weight is 368 g/mol. The number of fused-ring (bicyclic) bond motifs is 1. The van der Waals surface area contributed by atoms with E-state index in [4.69, 9.17) is 5.11 Å². The number of carbonyl (C=O) groups excluding carboxylic acids is 1. The van der Waals surface area contributed by atoms with Gasteiger partial charge >= 0.3 is 5.97 Å². The van der Waals surface area contributed by atoms with Crippen molar-refractivity contribution in [1.82, 2.24) is 15.0 Å². The number of carbonyl (C=O) groups is 2. The molecule has 0 aliphatic heterocycles. The third-order valence-electron chi connectivity index (χ3n) is 4.27. The van der Waals surface area contributed by atoms with Gasteiger partial charge in [-0.3, -0.25) is 19.9 Å². The normalized spacial score (nSPS) is 11.1. The van der Waals surface area contributed by atoms with Crippen molar-refractivity contribution in [3.05, 3.63) is 57.5 Å². The minimum Gasteiger partial charge on any atom is -0.478 e. The van der Waals surface area contributed by atoms with Crippen LogP contribution in [-0.4, -0.2) is 31.9 Å². The van der Waals surface area contributed by atoms with Gasteiger partial charge in [0.25, 0.3) is 5.56 Å². The number of hydrogen-bond acceptors (Lipinski definition) is 4. The summed E-state index contributed by atoms with van der Waals surface area (Å²) in [5, 5.41) is 12.0. The van der Waals surface area contributed by atoms with Gasteiger partial charge in [-0.1, -0.05) is 26.0 Å². The number of rotatable bonds is 6. The molecule has 0 saturated carbocycles. The fourth-order valence-corrected chi connectivity index (χ4v) is 2.71. The number of aromatic amines is 2. The van der Waals surface area contributed by atoms with Gasteiger partial charge in [-0.05, 0) is 36.1 Å². The Balaban J connectivity index is 1.78. The van der Waals surface area contributed by atoms with Crippen molar-refractivity contribution in [2.75, 3.05) is 5.32 Å². The lowest BCUT2D eigenvalue weighted by Gasteiger charge is -2.06. The first kappa shape index (κ1) is 18.4. The molecule has 0 radical (unpaired) electrons. The van der Waals surface area contributed by atoms with Gasteiger partial charge in [-0.2, -0.15) is 4.98 Å². The molecule has 1 aromatic carbocycles. The van der Waals surface area contributed by atoms with Gasteiger partial charge < -0.3 is 10.1 Å². The molecule has 0 fully saturated rings. The maximum absolute atomic E-state index is 12.4. The zero-order valence-electron chi connectivity index (χ0n) is 15.0. The van der Waals surface area contributed by atoms with E-state index in [9.17, 15) is 14.4 Å². The lowest BCUT2D eigenvalue weighted by atomic mass is 10.0. The molecule has 0 bridgehead atoms. The van der Waals surface area contributed by atoms with Crippen LogP contribution in [0, 0.1) is 5.92 Å². The molecule has 0 saturated heterocycles. The van der Waals surface area contributed by atoms with E-state index in [1.54, 1.807) is 44.3 Å². The summed E-state index contributed by atoms with van der Waals surface area (Å²) in [5.74, 6) is -1.30. The molecule has 3 aromatic rings. The van der Waals surface area contributed by atoms with Crippen molar-refractivity contribution in [1.29, 1.82) is 0 Å². The minimum absolute atomic E-state index is 0.115. The number of benzene rings is 1. The number of hydrogen-bond donors (Lipinski definition) is 4. The van der Waals surface area contributed by atoms with E-state index in [1.807, 2.05) is 0 Å². The van der Waals surface area contributed by atoms with Crippen molar-refractivity contribution in [3.63, 3.8) is 0 Å². The predicted molar refractivity (Wildman–Crippen MR) is 101 cm³/mol. The molecular formula is C19H20N4O4. The second-order valence-electron chi connectivity index (χ2n) is 6.60. The number of nitrogens with one attached hydrogen (secondary N) is 3. The summed E-state index contributed by atoms with van der Waals surface area (Å²) in [4.78, 5) is 44.9. The van der Waals surface area contributed by atoms with Crippen LogP contribution in [0.25, 0.3) is 11.0 Å². The number of amides is 1. The van der Waals surface area contributed by atoms with E-state index in [2.05, 4.69) is 20.3 Å². The van der Waals surface area contributed by atoms with Crippen molar-refractivity contribution >= 4 is 28.9 Å². The molecule has 2 aromatic heterocycles. The van der Waals surface area contributed by atoms with Crippen LogP contribution in [0.5, 0.6) is 0 Å². The number of aromatic nitrogens is 3. The SMILES string of the molecule is CC(C)C(=O)Nc1nc2[nH]cc(CCc3ccc(C(=O)O)cc3)c2c(=O)[nH]1. The highest BCUT2D eigenvalue weighted by atomic mass is 16.4. The Kier molecular flexibility index (Phi) is 5.07. The monoisotopic (exact) mass is 368 g/mol. The Hall–Kier alpha value is -3.42. The molecule has 0 atom stereocenters. The van der Waals surface area contributed by atoms with Crippen molar-refractivity contribution in [3.8, 4) is 0 Å². The molecule has 27 heavy (non-hydrogen) atoms. The summed E-state index contributed by atoms with van der Waals surface area (Å²) in [6.45, 7) is 3.50. The molecule has 8 nitrogen and oxygen atoms in total. The summed E-state index contributed by atoms with van der Waals surface area (Å²) in [6.07, 6.45) is 2.97. The number of nitrogens with zero attached hydrogens (tertiary/aromatic N) is 1. The van der Waals surface area contributed by atoms with E-state index in [-0.39, 0.29) is 28.9 Å². The van der Waals surface area contributed by atoms with Crippen LogP contribution in [0.4, 0.5) is 5.95 Å². The van der Waals surface area contributed by atoms with E-state index < -0.39 is 5.97 Å². The highest BCUT2D eigenvalue weighted by Gasteiger charge is 2.14. The molecule has 140 valence electrons. The quantitative estimate of drug-likeness (QED) is 0.531. The molecule has 8 heteroatoms. The van der Waals surface area contributed by atoms with Gasteiger partial charge in [0.2, 0.25) is 11.9 Å². The third kappa shape index (κ3) is 4.05. The summed E-state index contributed by atoms with van der Waals surface area (Å²) in [6, 6.07) is 6.65. The standard InChI is InChI=1S/C19H20N4O4/c1-10(2)16(24)22-19-21-15-14(17(25)23-19)13(9-20-15)8-5-11-3-6-12(7-4-11)18(26)27/h3-4,6-7,9-10H,5,8H2,1-2H3,(H,26,27)(H3,20,21,22,23,24,25). The summed E-state index contributed by atoms with van der Waals surface area (Å²) in [5.41, 5.74) is 2.11. The first-order valence-corrected chi connectivity index (χ1v) is 8.58. The average Bonchev–Trinajstić information content (AvgIpc) is 3.03. The van der Waals surface area contributed by atoms with Crippen molar-refractivity contribution in [2.45, 2.75) is 26.7 Å². The highest BCUT2D eigenvalue weighted by Crippen LogP contribution is 2.16. The van der Waals surface area contributed by atoms with Crippen LogP contribution >= 0.6 is 0 Å². The zero-order chi connectivity index (χ0) is 19.6. The highest BCUT2D eigenvalue weighted by molar-refractivity contribution is 5.91. The number of carboxylic acids is 1. The fourth-order valence-electron chi connectivity index (χ4n) is 2.71. The minimum atomic E-state index is -0.962. The first-order chi connectivity index (χ1) is 12.8. The van der Waals surface area contributed by atoms with Crippen molar-refractivity contribution in [2.24, 2.45) is 5.92 Å². The van der Waals surface area contributed by atoms with Crippen molar-refractivity contribution < 1.29 is 14.7 Å². The lowest BCUT2D eigenvalue weighted by molar-refractivity contribution is -0.118. The summed E-state index contributed by atoms with van der Waals surface area (Å²) >= 11 is 0. The van der Waals surface area contributed by atoms with E-state index in [0.29, 0.717) is 23.9 Å². The van der Waals surface area contributed by atoms with Crippen LogP contribution < -0.4 is 10.9 Å². The van der Waals surface area contributed by atoms with Gasteiger partial charge in [0.1, 0.15) is 5.65 Å². The second-order valence-corrected chi connectivity index (χ2v) is 6.60. The second kappa shape index (κ2) is 7.45. The number of aromatic carboxylic acids is 1. The molecule has 2 heterocycles. The summed E-state index contributed by atoms with van der Waals surface area (Å²) in [7, 11) is 0. The maximum atomic E-state index is 12.4. The number of aryl methyl sites for hydroxylation is 2. The largest absolute Gasteiger partial charge is 0.478 e. The lowest BCUT2D eigenvalue weighted by Crippen LogP contribution is -2.22. The maximum Gasteiger partial charge on any atom is 0.335 e. The third-order valence-corrected chi connectivity index (χ3v) is 4.27. The van der Waals surface area contributed by atoms with Gasteiger partial charge in [0.15, 0.2) is 0 Å². The van der Waals surface area contributed by atoms with Gasteiger partial charge in [0, 0.05) is 12.1 Å². The van der Waals surface area contributed by atoms with Crippen LogP contribution in [0.1, 0.15) is 35.3 Å². The molecule has 1 amide bonds. The Morgan fingerprint density at radius 1 is 1.19 bits per heavy atom. The Morgan fingerprint density at radius 3 is 2.52 bits per heavy atom. The van der Waals surface area contributed by atoms with Crippen LogP contribution in [0.2, 0.25) is 0 Å². The smallest absolute Gasteiger partial charge is 0.335 e. The zero-order valence-corrected chi connectivity index (χ0v) is 15.0. The topological polar surface area (TPSA) is 128 Å². The van der Waals surface area contributed by atoms with Gasteiger partial charge in [-0.25, -0.2) is 4.79 Å². The van der Waals surface area contributed by atoms with Gasteiger partial charge in [-0.15, -0.1) is 0 Å². The van der Waals surface area contributed by atoms with E-state index in [0.717, 1.165) is 11.1 Å². The Labute approximate surface area is 154 Å². The number of carboxylic acid groups (broad SMARTS) is 1. The van der Waals surface area contributed by atoms with E-state index >= 15 is 0 Å². The van der Waals surface area contributed by atoms with E-state index in [1.165, 1.54) is 0 Å². The number of H-pyrrole nitrogens is 2. The first-order valence-electron chi connectivity index (χ1n) is 8.58. The molecule has 0 unspecified atom stereocenters. The predicted octanol–water partition coefficient (Wildman–Crippen LogP) is 2.33. The van der Waals surface area contributed by atoms with Crippen LogP contribution in [-0.2, 0) is 17.6 Å².